The molecular formula is C19H23N3O2. The largest absolute Gasteiger partial charge is 0.396 e. The van der Waals surface area contributed by atoms with Gasteiger partial charge in [0, 0.05) is 23.2 Å². The number of aliphatic hydroxyl groups is 1. The number of carbonyl (C=O) groups is 1. The number of para-hydroxylation sites is 1. The summed E-state index contributed by atoms with van der Waals surface area (Å²) in [7, 11) is 0. The molecule has 2 N–H and O–H groups in total. The van der Waals surface area contributed by atoms with Gasteiger partial charge in [0.15, 0.2) is 5.69 Å². The Morgan fingerprint density at radius 2 is 2.12 bits per heavy atom. The maximum Gasteiger partial charge on any atom is 0.272 e. The maximum atomic E-state index is 12.7. The molecule has 5 nitrogen and oxygen atoms in total. The molecule has 2 aromatic rings. The number of benzene rings is 1. The highest BCUT2D eigenvalue weighted by molar-refractivity contribution is 5.94. The van der Waals surface area contributed by atoms with Gasteiger partial charge in [-0.15, -0.1) is 0 Å². The van der Waals surface area contributed by atoms with Gasteiger partial charge in [-0.05, 0) is 50.7 Å². The van der Waals surface area contributed by atoms with Gasteiger partial charge >= 0.3 is 0 Å². The zero-order valence-electron chi connectivity index (χ0n) is 14.0. The van der Waals surface area contributed by atoms with Crippen LogP contribution in [0.15, 0.2) is 24.3 Å². The van der Waals surface area contributed by atoms with Gasteiger partial charge in [-0.3, -0.25) is 4.79 Å². The molecule has 2 aliphatic carbocycles. The molecule has 0 bridgehead atoms. The standard InChI is InChI=1S/C19H23N3O2/c1-13-5-2-3-7-15(13)22-16-8-4-6-14(16)17(21-22)18(24)20-11-19(12-23)9-10-19/h2-3,5,7,23H,4,6,8-12H2,1H3,(H,20,24). The molecule has 1 fully saturated rings. The minimum Gasteiger partial charge on any atom is -0.396 e. The van der Waals surface area contributed by atoms with Crippen molar-refractivity contribution in [2.45, 2.75) is 39.0 Å². The SMILES string of the molecule is Cc1ccccc1-n1nc(C(=O)NCC2(CO)CC2)c2c1CCC2. The molecule has 126 valence electrons. The lowest BCUT2D eigenvalue weighted by Crippen LogP contribution is -2.32. The molecule has 0 unspecified atom stereocenters. The lowest BCUT2D eigenvalue weighted by atomic mass is 10.1. The van der Waals surface area contributed by atoms with E-state index in [0.29, 0.717) is 12.2 Å². The predicted octanol–water partition coefficient (Wildman–Crippen LogP) is 2.17. The van der Waals surface area contributed by atoms with E-state index in [0.717, 1.165) is 54.6 Å². The third-order valence-electron chi connectivity index (χ3n) is 5.41. The molecule has 0 saturated heterocycles. The van der Waals surface area contributed by atoms with E-state index >= 15 is 0 Å². The number of aliphatic hydroxyl groups excluding tert-OH is 1. The van der Waals surface area contributed by atoms with E-state index in [1.807, 2.05) is 22.9 Å². The van der Waals surface area contributed by atoms with Crippen molar-refractivity contribution in [1.29, 1.82) is 0 Å². The van der Waals surface area contributed by atoms with Crippen molar-refractivity contribution in [3.63, 3.8) is 0 Å². The van der Waals surface area contributed by atoms with E-state index in [4.69, 9.17) is 0 Å². The summed E-state index contributed by atoms with van der Waals surface area (Å²) < 4.78 is 1.95. The average molecular weight is 325 g/mol. The first-order valence-electron chi connectivity index (χ1n) is 8.69. The van der Waals surface area contributed by atoms with Crippen molar-refractivity contribution in [3.05, 3.63) is 46.8 Å². The molecule has 5 heteroatoms. The summed E-state index contributed by atoms with van der Waals surface area (Å²) in [6.45, 7) is 2.74. The smallest absolute Gasteiger partial charge is 0.272 e. The number of nitrogens with one attached hydrogen (secondary N) is 1. The van der Waals surface area contributed by atoms with Crippen LogP contribution in [-0.2, 0) is 12.8 Å². The fourth-order valence-corrected chi connectivity index (χ4v) is 3.54. The molecule has 0 radical (unpaired) electrons. The lowest BCUT2D eigenvalue weighted by Gasteiger charge is -2.12. The van der Waals surface area contributed by atoms with Gasteiger partial charge in [0.25, 0.3) is 5.91 Å². The van der Waals surface area contributed by atoms with Crippen molar-refractivity contribution in [1.82, 2.24) is 15.1 Å². The molecular weight excluding hydrogens is 302 g/mol. The van der Waals surface area contributed by atoms with Crippen LogP contribution in [0.1, 0.15) is 46.6 Å². The van der Waals surface area contributed by atoms with E-state index in [-0.39, 0.29) is 17.9 Å². The number of hydrogen-bond donors (Lipinski definition) is 2. The number of hydrogen-bond acceptors (Lipinski definition) is 3. The van der Waals surface area contributed by atoms with E-state index in [1.165, 1.54) is 0 Å². The summed E-state index contributed by atoms with van der Waals surface area (Å²) in [5.41, 5.74) is 4.92. The van der Waals surface area contributed by atoms with Crippen LogP contribution in [0, 0.1) is 12.3 Å². The van der Waals surface area contributed by atoms with Gasteiger partial charge in [-0.25, -0.2) is 4.68 Å². The van der Waals surface area contributed by atoms with Crippen LogP contribution < -0.4 is 5.32 Å². The van der Waals surface area contributed by atoms with Crippen molar-refractivity contribution in [3.8, 4) is 5.69 Å². The quantitative estimate of drug-likeness (QED) is 0.885. The van der Waals surface area contributed by atoms with Gasteiger partial charge in [-0.1, -0.05) is 18.2 Å². The minimum atomic E-state index is -0.111. The first kappa shape index (κ1) is 15.4. The van der Waals surface area contributed by atoms with Gasteiger partial charge in [0.2, 0.25) is 0 Å². The highest BCUT2D eigenvalue weighted by Crippen LogP contribution is 2.44. The second-order valence-electron chi connectivity index (χ2n) is 7.17. The average Bonchev–Trinajstić information content (AvgIpc) is 3.06. The topological polar surface area (TPSA) is 67.2 Å². The number of aryl methyl sites for hydroxylation is 1. The van der Waals surface area contributed by atoms with Crippen molar-refractivity contribution < 1.29 is 9.90 Å². The zero-order chi connectivity index (χ0) is 16.7. The van der Waals surface area contributed by atoms with Crippen molar-refractivity contribution >= 4 is 5.91 Å². The Labute approximate surface area is 141 Å². The number of rotatable bonds is 5. The summed E-state index contributed by atoms with van der Waals surface area (Å²) in [6, 6.07) is 8.13. The van der Waals surface area contributed by atoms with Gasteiger partial charge < -0.3 is 10.4 Å². The Morgan fingerprint density at radius 3 is 2.83 bits per heavy atom. The molecule has 1 aromatic heterocycles. The number of aromatic nitrogens is 2. The van der Waals surface area contributed by atoms with Crippen LogP contribution in [0.4, 0.5) is 0 Å². The Kier molecular flexibility index (Phi) is 3.68. The molecule has 1 saturated carbocycles. The third-order valence-corrected chi connectivity index (χ3v) is 5.41. The molecule has 1 heterocycles. The normalized spacial score (nSPS) is 17.6. The zero-order valence-corrected chi connectivity index (χ0v) is 14.0. The highest BCUT2D eigenvalue weighted by Gasteiger charge is 2.42. The highest BCUT2D eigenvalue weighted by atomic mass is 16.3. The fraction of sp³-hybridized carbons (Fsp3) is 0.474. The summed E-state index contributed by atoms with van der Waals surface area (Å²) >= 11 is 0. The van der Waals surface area contributed by atoms with Crippen LogP contribution in [0.2, 0.25) is 0 Å². The van der Waals surface area contributed by atoms with Crippen LogP contribution in [0.5, 0.6) is 0 Å². The fourth-order valence-electron chi connectivity index (χ4n) is 3.54. The summed E-state index contributed by atoms with van der Waals surface area (Å²) in [5, 5.41) is 17.0. The Morgan fingerprint density at radius 1 is 1.33 bits per heavy atom. The van der Waals surface area contributed by atoms with E-state index in [2.05, 4.69) is 23.4 Å². The number of fused-ring (bicyclic) bond motifs is 1. The maximum absolute atomic E-state index is 12.7. The molecule has 24 heavy (non-hydrogen) atoms. The van der Waals surface area contributed by atoms with E-state index in [1.54, 1.807) is 0 Å². The molecule has 4 rings (SSSR count). The molecule has 0 spiro atoms. The number of nitrogens with zero attached hydrogens (tertiary/aromatic N) is 2. The van der Waals surface area contributed by atoms with E-state index in [9.17, 15) is 9.90 Å². The molecule has 2 aliphatic rings. The Balaban J connectivity index is 1.64. The van der Waals surface area contributed by atoms with Crippen molar-refractivity contribution in [2.75, 3.05) is 13.2 Å². The third kappa shape index (κ3) is 2.53. The molecule has 1 aromatic carbocycles. The van der Waals surface area contributed by atoms with Gasteiger partial charge in [-0.2, -0.15) is 5.10 Å². The first-order valence-corrected chi connectivity index (χ1v) is 8.69. The van der Waals surface area contributed by atoms with Crippen LogP contribution >= 0.6 is 0 Å². The van der Waals surface area contributed by atoms with Crippen LogP contribution in [-0.4, -0.2) is 33.9 Å². The second kappa shape index (κ2) is 5.74. The van der Waals surface area contributed by atoms with Crippen LogP contribution in [0.25, 0.3) is 5.69 Å². The molecule has 1 amide bonds. The first-order chi connectivity index (χ1) is 11.6. The predicted molar refractivity (Wildman–Crippen MR) is 91.4 cm³/mol. The molecule has 0 atom stereocenters. The number of carbonyl (C=O) groups excluding carboxylic acids is 1. The van der Waals surface area contributed by atoms with Crippen molar-refractivity contribution in [2.24, 2.45) is 5.41 Å². The minimum absolute atomic E-state index is 0.0859. The summed E-state index contributed by atoms with van der Waals surface area (Å²) in [4.78, 5) is 12.7. The van der Waals surface area contributed by atoms with Crippen LogP contribution in [0.3, 0.4) is 0 Å². The van der Waals surface area contributed by atoms with Gasteiger partial charge in [0.05, 0.1) is 12.3 Å². The monoisotopic (exact) mass is 325 g/mol. The summed E-state index contributed by atoms with van der Waals surface area (Å²) in [6.07, 6.45) is 4.92. The van der Waals surface area contributed by atoms with E-state index < -0.39 is 0 Å². The lowest BCUT2D eigenvalue weighted by molar-refractivity contribution is 0.0929. The second-order valence-corrected chi connectivity index (χ2v) is 7.17. The molecule has 0 aliphatic heterocycles. The van der Waals surface area contributed by atoms with Gasteiger partial charge in [0.1, 0.15) is 0 Å². The number of amides is 1. The Hall–Kier alpha value is -2.14. The summed E-state index contributed by atoms with van der Waals surface area (Å²) in [5.74, 6) is -0.111. The Bertz CT molecular complexity index is 790.